The largest absolute Gasteiger partial charge is 0.342 e. The van der Waals surface area contributed by atoms with Gasteiger partial charge in [-0.1, -0.05) is 20.8 Å². The third-order valence-electron chi connectivity index (χ3n) is 5.74. The molecule has 1 amide bonds. The zero-order chi connectivity index (χ0) is 20.6. The van der Waals surface area contributed by atoms with Gasteiger partial charge in [0.1, 0.15) is 11.6 Å². The predicted octanol–water partition coefficient (Wildman–Crippen LogP) is 3.96. The van der Waals surface area contributed by atoms with E-state index in [1.807, 2.05) is 38.7 Å². The first-order valence-electron chi connectivity index (χ1n) is 10.7. The maximum Gasteiger partial charge on any atom is 0.227 e. The van der Waals surface area contributed by atoms with Gasteiger partial charge >= 0.3 is 0 Å². The molecule has 4 rings (SSSR count). The molecule has 0 unspecified atom stereocenters. The van der Waals surface area contributed by atoms with Gasteiger partial charge in [-0.15, -0.1) is 0 Å². The molecule has 2 N–H and O–H groups in total. The van der Waals surface area contributed by atoms with Crippen molar-refractivity contribution in [3.63, 3.8) is 0 Å². The number of nitrogens with zero attached hydrogens (tertiary/aromatic N) is 4. The number of likely N-dealkylation sites (tertiary alicyclic amines) is 1. The van der Waals surface area contributed by atoms with Crippen LogP contribution in [-0.4, -0.2) is 44.1 Å². The summed E-state index contributed by atoms with van der Waals surface area (Å²) in [6, 6.07) is 4.03. The number of hydrogen-bond acceptors (Lipinski definition) is 5. The Labute approximate surface area is 172 Å². The number of rotatable bonds is 5. The van der Waals surface area contributed by atoms with Gasteiger partial charge < -0.3 is 10.2 Å². The second kappa shape index (κ2) is 7.76. The van der Waals surface area contributed by atoms with Crippen molar-refractivity contribution in [2.24, 2.45) is 11.3 Å². The van der Waals surface area contributed by atoms with Crippen molar-refractivity contribution < 1.29 is 4.79 Å². The van der Waals surface area contributed by atoms with E-state index in [1.54, 1.807) is 0 Å². The van der Waals surface area contributed by atoms with Crippen molar-refractivity contribution in [2.75, 3.05) is 18.4 Å². The Morgan fingerprint density at radius 1 is 1.14 bits per heavy atom. The fourth-order valence-corrected chi connectivity index (χ4v) is 3.93. The molecular formula is C22H32N6O. The summed E-state index contributed by atoms with van der Waals surface area (Å²) in [7, 11) is 0. The summed E-state index contributed by atoms with van der Waals surface area (Å²) in [6.45, 7) is 9.67. The summed E-state index contributed by atoms with van der Waals surface area (Å²) in [5.41, 5.74) is 1.81. The zero-order valence-electron chi connectivity index (χ0n) is 18.0. The van der Waals surface area contributed by atoms with Gasteiger partial charge in [0.2, 0.25) is 5.91 Å². The molecule has 0 radical (unpaired) electrons. The Bertz CT molecular complexity index is 872. The average molecular weight is 397 g/mol. The van der Waals surface area contributed by atoms with E-state index in [4.69, 9.17) is 9.97 Å². The number of amides is 1. The van der Waals surface area contributed by atoms with E-state index in [-0.39, 0.29) is 11.3 Å². The van der Waals surface area contributed by atoms with Crippen LogP contribution in [0.25, 0.3) is 0 Å². The fourth-order valence-electron chi connectivity index (χ4n) is 3.93. The number of anilines is 2. The molecule has 0 atom stereocenters. The van der Waals surface area contributed by atoms with Crippen LogP contribution in [0, 0.1) is 18.3 Å². The second-order valence-electron chi connectivity index (χ2n) is 9.63. The van der Waals surface area contributed by atoms with Crippen LogP contribution in [0.5, 0.6) is 0 Å². The SMILES string of the molecule is Cc1cc(Nc2cc(CC3CCN(C(=O)C(C)(C)C)CC3)nc(C3CC3)n2)n[nH]1. The fraction of sp³-hybridized carbons (Fsp3) is 0.636. The van der Waals surface area contributed by atoms with Crippen LogP contribution in [0.2, 0.25) is 0 Å². The van der Waals surface area contributed by atoms with Crippen molar-refractivity contribution in [2.45, 2.75) is 65.7 Å². The van der Waals surface area contributed by atoms with Gasteiger partial charge in [0, 0.05) is 47.9 Å². The van der Waals surface area contributed by atoms with Gasteiger partial charge in [0.15, 0.2) is 5.82 Å². The highest BCUT2D eigenvalue weighted by Gasteiger charge is 2.31. The number of aromatic nitrogens is 4. The van der Waals surface area contributed by atoms with Crippen LogP contribution < -0.4 is 5.32 Å². The summed E-state index contributed by atoms with van der Waals surface area (Å²) in [5.74, 6) is 3.88. The lowest BCUT2D eigenvalue weighted by atomic mass is 9.89. The normalized spacial score (nSPS) is 18.1. The molecule has 2 aromatic rings. The zero-order valence-corrected chi connectivity index (χ0v) is 18.0. The minimum Gasteiger partial charge on any atom is -0.342 e. The third-order valence-corrected chi connectivity index (χ3v) is 5.74. The van der Waals surface area contributed by atoms with Crippen molar-refractivity contribution >= 4 is 17.5 Å². The van der Waals surface area contributed by atoms with Gasteiger partial charge in [0.05, 0.1) is 0 Å². The van der Waals surface area contributed by atoms with Crippen LogP contribution in [0.4, 0.5) is 11.6 Å². The summed E-state index contributed by atoms with van der Waals surface area (Å²) >= 11 is 0. The highest BCUT2D eigenvalue weighted by atomic mass is 16.2. The van der Waals surface area contributed by atoms with Crippen LogP contribution >= 0.6 is 0 Å². The maximum atomic E-state index is 12.5. The number of hydrogen-bond donors (Lipinski definition) is 2. The van der Waals surface area contributed by atoms with E-state index < -0.39 is 0 Å². The molecule has 3 heterocycles. The lowest BCUT2D eigenvalue weighted by Gasteiger charge is -2.35. The Kier molecular flexibility index (Phi) is 5.32. The topological polar surface area (TPSA) is 86.8 Å². The van der Waals surface area contributed by atoms with Crippen molar-refractivity contribution in [1.29, 1.82) is 0 Å². The Balaban J connectivity index is 1.42. The van der Waals surface area contributed by atoms with Crippen LogP contribution in [0.15, 0.2) is 12.1 Å². The van der Waals surface area contributed by atoms with Gasteiger partial charge in [0.25, 0.3) is 0 Å². The highest BCUT2D eigenvalue weighted by molar-refractivity contribution is 5.81. The quantitative estimate of drug-likeness (QED) is 0.799. The maximum absolute atomic E-state index is 12.5. The standard InChI is InChI=1S/C22H32N6O/c1-14-11-19(27-26-14)24-18-13-17(23-20(25-18)16-5-6-16)12-15-7-9-28(10-8-15)21(29)22(2,3)4/h11,13,15-16H,5-10,12H2,1-4H3,(H2,23,24,25,26,27). The van der Waals surface area contributed by atoms with Crippen molar-refractivity contribution in [1.82, 2.24) is 25.1 Å². The van der Waals surface area contributed by atoms with E-state index in [0.29, 0.717) is 11.8 Å². The Morgan fingerprint density at radius 3 is 2.45 bits per heavy atom. The van der Waals surface area contributed by atoms with Gasteiger partial charge in [-0.25, -0.2) is 9.97 Å². The molecule has 7 heteroatoms. The summed E-state index contributed by atoms with van der Waals surface area (Å²) < 4.78 is 0. The highest BCUT2D eigenvalue weighted by Crippen LogP contribution is 2.39. The first-order valence-corrected chi connectivity index (χ1v) is 10.7. The van der Waals surface area contributed by atoms with E-state index in [0.717, 1.165) is 61.2 Å². The van der Waals surface area contributed by atoms with Gasteiger partial charge in [-0.3, -0.25) is 9.89 Å². The second-order valence-corrected chi connectivity index (χ2v) is 9.63. The van der Waals surface area contributed by atoms with E-state index in [1.165, 1.54) is 12.8 Å². The Hall–Kier alpha value is -2.44. The molecule has 2 fully saturated rings. The number of carbonyl (C=O) groups excluding carboxylic acids is 1. The molecular weight excluding hydrogens is 364 g/mol. The van der Waals surface area contributed by atoms with Crippen molar-refractivity contribution in [3.05, 3.63) is 29.3 Å². The summed E-state index contributed by atoms with van der Waals surface area (Å²) in [6.07, 6.45) is 5.36. The molecule has 0 bridgehead atoms. The average Bonchev–Trinajstić information content (AvgIpc) is 3.44. The molecule has 7 nitrogen and oxygen atoms in total. The molecule has 0 aromatic carbocycles. The van der Waals surface area contributed by atoms with Gasteiger partial charge in [-0.05, 0) is 44.9 Å². The number of aryl methyl sites for hydroxylation is 1. The molecule has 1 aliphatic heterocycles. The van der Waals surface area contributed by atoms with E-state index >= 15 is 0 Å². The lowest BCUT2D eigenvalue weighted by Crippen LogP contribution is -2.44. The predicted molar refractivity (Wildman–Crippen MR) is 113 cm³/mol. The molecule has 1 aliphatic carbocycles. The Morgan fingerprint density at radius 2 is 1.86 bits per heavy atom. The summed E-state index contributed by atoms with van der Waals surface area (Å²) in [5, 5.41) is 10.5. The molecule has 29 heavy (non-hydrogen) atoms. The van der Waals surface area contributed by atoms with Crippen molar-refractivity contribution in [3.8, 4) is 0 Å². The first-order chi connectivity index (χ1) is 13.8. The van der Waals surface area contributed by atoms with Crippen LogP contribution in [0.3, 0.4) is 0 Å². The minimum atomic E-state index is -0.302. The molecule has 1 saturated carbocycles. The van der Waals surface area contributed by atoms with Crippen LogP contribution in [-0.2, 0) is 11.2 Å². The molecule has 2 aliphatic rings. The number of carbonyl (C=O) groups is 1. The van der Waals surface area contributed by atoms with Crippen LogP contribution in [0.1, 0.15) is 69.6 Å². The molecule has 0 spiro atoms. The first kappa shape index (κ1) is 19.9. The van der Waals surface area contributed by atoms with Gasteiger partial charge in [-0.2, -0.15) is 5.10 Å². The summed E-state index contributed by atoms with van der Waals surface area (Å²) in [4.78, 5) is 24.1. The third kappa shape index (κ3) is 4.95. The molecule has 156 valence electrons. The lowest BCUT2D eigenvalue weighted by molar-refractivity contribution is -0.140. The number of piperidine rings is 1. The number of H-pyrrole nitrogens is 1. The monoisotopic (exact) mass is 396 g/mol. The minimum absolute atomic E-state index is 0.259. The number of aromatic amines is 1. The number of nitrogens with one attached hydrogen (secondary N) is 2. The van der Waals surface area contributed by atoms with E-state index in [2.05, 4.69) is 21.6 Å². The molecule has 1 saturated heterocycles. The molecule has 2 aromatic heterocycles. The van der Waals surface area contributed by atoms with E-state index in [9.17, 15) is 4.79 Å². The smallest absolute Gasteiger partial charge is 0.227 e.